The normalized spacial score (nSPS) is 13.6. The third-order valence-electron chi connectivity index (χ3n) is 1.39. The fraction of sp³-hybridized carbons (Fsp3) is 1.00. The third-order valence-corrected chi connectivity index (χ3v) is 1.87. The first-order chi connectivity index (χ1) is 6.90. The van der Waals surface area contributed by atoms with Gasteiger partial charge in [-0.1, -0.05) is 0 Å². The molecule has 0 amide bonds. The van der Waals surface area contributed by atoms with Gasteiger partial charge in [0.15, 0.2) is 6.29 Å². The van der Waals surface area contributed by atoms with Crippen LogP contribution in [-0.4, -0.2) is 96.0 Å². The van der Waals surface area contributed by atoms with E-state index < -0.39 is 26.8 Å². The minimum absolute atomic E-state index is 0. The zero-order chi connectivity index (χ0) is 11.9. The number of aliphatic hydroxyl groups is 1. The topological polar surface area (TPSA) is 105 Å². The minimum atomic E-state index is -4.57. The van der Waals surface area contributed by atoms with Gasteiger partial charge in [0.05, 0.1) is 6.61 Å². The van der Waals surface area contributed by atoms with Crippen molar-refractivity contribution < 1.29 is 36.3 Å². The first-order valence-electron chi connectivity index (χ1n) is 4.52. The van der Waals surface area contributed by atoms with Crippen molar-refractivity contribution in [1.29, 1.82) is 0 Å². The van der Waals surface area contributed by atoms with E-state index in [4.69, 9.17) is 19.3 Å². The van der Waals surface area contributed by atoms with Crippen molar-refractivity contribution in [2.24, 2.45) is 0 Å². The maximum Gasteiger partial charge on any atom is 2.00 e. The van der Waals surface area contributed by atoms with E-state index in [1.54, 1.807) is 13.8 Å². The Morgan fingerprint density at radius 1 is 1.25 bits per heavy atom. The van der Waals surface area contributed by atoms with Crippen LogP contribution in [0.5, 0.6) is 0 Å². The molecule has 0 aromatic rings. The number of phosphoric acid groups is 1. The minimum Gasteiger partial charge on any atom is -1.00 e. The van der Waals surface area contributed by atoms with Gasteiger partial charge >= 0.3 is 56.7 Å². The van der Waals surface area contributed by atoms with Crippen molar-refractivity contribution >= 4 is 56.7 Å². The SMILES string of the molecule is CCOC(OCC)C(O)COP(=O)(O)O.[Ba+2].[H-].[H-]. The largest absolute Gasteiger partial charge is 2.00 e. The summed E-state index contributed by atoms with van der Waals surface area (Å²) in [4.78, 5) is 16.8. The van der Waals surface area contributed by atoms with Crippen molar-refractivity contribution in [2.75, 3.05) is 19.8 Å². The number of ether oxygens (including phenoxy) is 2. The summed E-state index contributed by atoms with van der Waals surface area (Å²) in [6.45, 7) is 3.51. The van der Waals surface area contributed by atoms with Gasteiger partial charge < -0.3 is 27.2 Å². The monoisotopic (exact) mass is 384 g/mol. The number of hydrogen-bond acceptors (Lipinski definition) is 5. The molecule has 7 nitrogen and oxygen atoms in total. The van der Waals surface area contributed by atoms with Crippen LogP contribution in [0.4, 0.5) is 0 Å². The smallest absolute Gasteiger partial charge is 1.00 e. The van der Waals surface area contributed by atoms with E-state index in [9.17, 15) is 9.67 Å². The van der Waals surface area contributed by atoms with Crippen LogP contribution in [0.1, 0.15) is 16.7 Å². The second-order valence-corrected chi connectivity index (χ2v) is 3.87. The molecule has 0 fully saturated rings. The molecule has 9 heteroatoms. The summed E-state index contributed by atoms with van der Waals surface area (Å²) in [5.41, 5.74) is 0. The molecule has 0 heterocycles. The Morgan fingerprint density at radius 2 is 1.69 bits per heavy atom. The van der Waals surface area contributed by atoms with Gasteiger partial charge in [-0.25, -0.2) is 4.57 Å². The van der Waals surface area contributed by atoms with Crippen LogP contribution in [0.25, 0.3) is 0 Å². The average Bonchev–Trinajstić information content (AvgIpc) is 2.13. The van der Waals surface area contributed by atoms with E-state index in [0.29, 0.717) is 13.2 Å². The fourth-order valence-corrected chi connectivity index (χ4v) is 1.20. The Hall–Kier alpha value is 1.56. The van der Waals surface area contributed by atoms with Gasteiger partial charge in [-0.05, 0) is 13.8 Å². The summed E-state index contributed by atoms with van der Waals surface area (Å²) in [7, 11) is -4.57. The molecular weight excluding hydrogens is 364 g/mol. The van der Waals surface area contributed by atoms with Gasteiger partial charge in [0, 0.05) is 13.2 Å². The first kappa shape index (κ1) is 19.9. The quantitative estimate of drug-likeness (QED) is 0.300. The van der Waals surface area contributed by atoms with Crippen molar-refractivity contribution in [3.8, 4) is 0 Å². The second-order valence-electron chi connectivity index (χ2n) is 2.63. The predicted molar refractivity (Wildman–Crippen MR) is 59.0 cm³/mol. The van der Waals surface area contributed by atoms with E-state index in [-0.39, 0.29) is 51.7 Å². The average molecular weight is 384 g/mol. The molecule has 0 bridgehead atoms. The molecule has 0 aliphatic rings. The summed E-state index contributed by atoms with van der Waals surface area (Å²) >= 11 is 0. The van der Waals surface area contributed by atoms with Crippen LogP contribution in [0.2, 0.25) is 0 Å². The van der Waals surface area contributed by atoms with Crippen LogP contribution < -0.4 is 0 Å². The molecule has 0 saturated heterocycles. The second kappa shape index (κ2) is 10.5. The van der Waals surface area contributed by atoms with Gasteiger partial charge in [-0.3, -0.25) is 4.52 Å². The maximum absolute atomic E-state index is 10.4. The molecule has 96 valence electrons. The third kappa shape index (κ3) is 10.7. The van der Waals surface area contributed by atoms with Crippen LogP contribution in [0.15, 0.2) is 0 Å². The Kier molecular flexibility index (Phi) is 13.0. The Balaban J connectivity index is -0.000000327. The summed E-state index contributed by atoms with van der Waals surface area (Å²) in [5.74, 6) is 0. The van der Waals surface area contributed by atoms with Crippen LogP contribution in [-0.2, 0) is 18.6 Å². The van der Waals surface area contributed by atoms with Gasteiger partial charge in [0.25, 0.3) is 0 Å². The summed E-state index contributed by atoms with van der Waals surface area (Å²) in [6.07, 6.45) is -2.18. The standard InChI is InChI=1S/C7H17O7P.Ba.2H/c1-3-12-7(13-4-2)6(8)5-14-15(9,10)11;;;/h6-8H,3-5H2,1-2H3,(H2,9,10,11);;;/q;+2;2*-1. The fourth-order valence-electron chi connectivity index (χ4n) is 0.851. The predicted octanol–water partition coefficient (Wildman–Crippen LogP) is -0.300. The maximum atomic E-state index is 10.4. The molecule has 0 aliphatic carbocycles. The molecule has 3 N–H and O–H groups in total. The molecule has 0 aromatic carbocycles. The van der Waals surface area contributed by atoms with E-state index >= 15 is 0 Å². The van der Waals surface area contributed by atoms with Crippen molar-refractivity contribution in [3.63, 3.8) is 0 Å². The van der Waals surface area contributed by atoms with Crippen molar-refractivity contribution in [1.82, 2.24) is 0 Å². The Bertz CT molecular complexity index is 212. The van der Waals surface area contributed by atoms with Gasteiger partial charge in [-0.15, -0.1) is 0 Å². The van der Waals surface area contributed by atoms with Gasteiger partial charge in [0.1, 0.15) is 6.10 Å². The summed E-state index contributed by atoms with van der Waals surface area (Å²) in [6, 6.07) is 0. The molecule has 0 aromatic heterocycles. The zero-order valence-electron chi connectivity index (χ0n) is 11.4. The van der Waals surface area contributed by atoms with E-state index in [1.165, 1.54) is 0 Å². The van der Waals surface area contributed by atoms with Crippen molar-refractivity contribution in [2.45, 2.75) is 26.2 Å². The number of hydrogen-bond donors (Lipinski definition) is 3. The number of rotatable bonds is 8. The van der Waals surface area contributed by atoms with Crippen LogP contribution in [0.3, 0.4) is 0 Å². The first-order valence-corrected chi connectivity index (χ1v) is 6.05. The van der Waals surface area contributed by atoms with E-state index in [2.05, 4.69) is 4.52 Å². The summed E-state index contributed by atoms with van der Waals surface area (Å²) < 4.78 is 24.5. The molecular formula is C7H19BaO7P. The Labute approximate surface area is 138 Å². The van der Waals surface area contributed by atoms with Gasteiger partial charge in [0.2, 0.25) is 0 Å². The molecule has 0 rings (SSSR count). The molecule has 1 atom stereocenters. The molecule has 0 aliphatic heterocycles. The molecule has 0 saturated carbocycles. The van der Waals surface area contributed by atoms with Crippen LogP contribution >= 0.6 is 7.82 Å². The summed E-state index contributed by atoms with van der Waals surface area (Å²) in [5, 5.41) is 9.42. The molecule has 0 radical (unpaired) electrons. The number of aliphatic hydroxyl groups excluding tert-OH is 1. The molecule has 0 spiro atoms. The van der Waals surface area contributed by atoms with E-state index in [0.717, 1.165) is 0 Å². The molecule has 1 unspecified atom stereocenters. The Morgan fingerprint density at radius 3 is 2.00 bits per heavy atom. The van der Waals surface area contributed by atoms with E-state index in [1.807, 2.05) is 0 Å². The van der Waals surface area contributed by atoms with Crippen molar-refractivity contribution in [3.05, 3.63) is 0 Å². The van der Waals surface area contributed by atoms with Gasteiger partial charge in [-0.2, -0.15) is 0 Å². The molecule has 16 heavy (non-hydrogen) atoms. The number of phosphoric ester groups is 1. The zero-order valence-corrected chi connectivity index (χ0v) is 14.7. The van der Waals surface area contributed by atoms with Crippen LogP contribution in [0, 0.1) is 0 Å².